The lowest BCUT2D eigenvalue weighted by Gasteiger charge is -2.49. The second-order valence-corrected chi connectivity index (χ2v) is 5.05. The maximum Gasteiger partial charge on any atom is 0.0612 e. The van der Waals surface area contributed by atoms with E-state index in [1.54, 1.807) is 0 Å². The zero-order valence-electron chi connectivity index (χ0n) is 9.29. The summed E-state index contributed by atoms with van der Waals surface area (Å²) in [6.45, 7) is 7.48. The third-order valence-electron chi connectivity index (χ3n) is 4.21. The molecule has 1 fully saturated rings. The molecular formula is C12H20O2. The van der Waals surface area contributed by atoms with Crippen molar-refractivity contribution in [3.63, 3.8) is 0 Å². The van der Waals surface area contributed by atoms with Gasteiger partial charge in [0.25, 0.3) is 0 Å². The molecule has 1 N–H and O–H groups in total. The molecule has 1 aliphatic carbocycles. The number of hydrogen-bond acceptors (Lipinski definition) is 2. The number of allylic oxidation sites excluding steroid dienone is 1. The number of hydrogen-bond donors (Lipinski definition) is 1. The fourth-order valence-corrected chi connectivity index (χ4v) is 2.87. The fourth-order valence-electron chi connectivity index (χ4n) is 2.87. The predicted octanol–water partition coefficient (Wildman–Crippen LogP) is 1.99. The van der Waals surface area contributed by atoms with Crippen molar-refractivity contribution in [2.45, 2.75) is 33.3 Å². The number of aliphatic hydroxyl groups is 1. The molecule has 1 heterocycles. The zero-order chi connectivity index (χ0) is 10.3. The van der Waals surface area contributed by atoms with Gasteiger partial charge in [0.1, 0.15) is 0 Å². The van der Waals surface area contributed by atoms with Crippen LogP contribution in [0.2, 0.25) is 0 Å². The van der Waals surface area contributed by atoms with Gasteiger partial charge in [0.2, 0.25) is 0 Å². The summed E-state index contributed by atoms with van der Waals surface area (Å²) >= 11 is 0. The highest BCUT2D eigenvalue weighted by atomic mass is 16.5. The van der Waals surface area contributed by atoms with Gasteiger partial charge in [-0.05, 0) is 26.2 Å². The molecular weight excluding hydrogens is 176 g/mol. The molecule has 0 aromatic rings. The van der Waals surface area contributed by atoms with Crippen molar-refractivity contribution < 1.29 is 9.84 Å². The van der Waals surface area contributed by atoms with Crippen molar-refractivity contribution in [1.29, 1.82) is 0 Å². The lowest BCUT2D eigenvalue weighted by Crippen LogP contribution is -2.49. The van der Waals surface area contributed by atoms with Gasteiger partial charge in [0, 0.05) is 11.3 Å². The molecule has 0 amide bonds. The van der Waals surface area contributed by atoms with Crippen molar-refractivity contribution in [3.8, 4) is 0 Å². The molecule has 0 aromatic carbocycles. The van der Waals surface area contributed by atoms with E-state index in [0.717, 1.165) is 6.42 Å². The Morgan fingerprint density at radius 1 is 1.57 bits per heavy atom. The second-order valence-electron chi connectivity index (χ2n) is 5.05. The molecule has 4 atom stereocenters. The average Bonchev–Trinajstić information content (AvgIpc) is 2.17. The number of ether oxygens (including phenoxy) is 1. The lowest BCUT2D eigenvalue weighted by molar-refractivity contribution is -0.121. The Hall–Kier alpha value is -0.340. The molecule has 0 spiro atoms. The summed E-state index contributed by atoms with van der Waals surface area (Å²) in [7, 11) is 0. The summed E-state index contributed by atoms with van der Waals surface area (Å²) in [4.78, 5) is 0. The molecule has 0 aromatic heterocycles. The first-order valence-electron chi connectivity index (χ1n) is 5.50. The molecule has 2 aliphatic rings. The average molecular weight is 196 g/mol. The molecule has 2 heteroatoms. The Balaban J connectivity index is 2.33. The Labute approximate surface area is 86.0 Å². The van der Waals surface area contributed by atoms with Crippen LogP contribution in [0.3, 0.4) is 0 Å². The van der Waals surface area contributed by atoms with E-state index in [-0.39, 0.29) is 12.0 Å². The van der Waals surface area contributed by atoms with Gasteiger partial charge in [0.05, 0.1) is 19.3 Å². The maximum absolute atomic E-state index is 9.53. The van der Waals surface area contributed by atoms with Crippen LogP contribution in [-0.2, 0) is 4.74 Å². The van der Waals surface area contributed by atoms with Crippen LogP contribution in [0.4, 0.5) is 0 Å². The molecule has 2 rings (SSSR count). The Morgan fingerprint density at radius 2 is 2.29 bits per heavy atom. The van der Waals surface area contributed by atoms with E-state index in [1.165, 1.54) is 5.57 Å². The fraction of sp³-hybridized carbons (Fsp3) is 0.833. The van der Waals surface area contributed by atoms with Crippen molar-refractivity contribution >= 4 is 0 Å². The third kappa shape index (κ3) is 1.32. The van der Waals surface area contributed by atoms with Crippen LogP contribution in [0.1, 0.15) is 27.2 Å². The first-order chi connectivity index (χ1) is 6.59. The molecule has 0 saturated carbocycles. The standard InChI is InChI=1S/C12H20O2/c1-8-4-9(2)12(6-13)5-11(8)10(3)14-7-12/h4,9-11,13H,5-7H2,1-3H3/t9-,10-,11+,12+/m1/s1. The lowest BCUT2D eigenvalue weighted by atomic mass is 9.63. The molecule has 14 heavy (non-hydrogen) atoms. The topological polar surface area (TPSA) is 29.5 Å². The first kappa shape index (κ1) is 10.2. The van der Waals surface area contributed by atoms with Gasteiger partial charge in [0.15, 0.2) is 0 Å². The molecule has 0 radical (unpaired) electrons. The summed E-state index contributed by atoms with van der Waals surface area (Å²) in [6.07, 6.45) is 3.73. The van der Waals surface area contributed by atoms with Gasteiger partial charge < -0.3 is 9.84 Å². The van der Waals surface area contributed by atoms with E-state index in [9.17, 15) is 5.11 Å². The van der Waals surface area contributed by atoms with Gasteiger partial charge in [-0.15, -0.1) is 0 Å². The van der Waals surface area contributed by atoms with Crippen LogP contribution < -0.4 is 0 Å². The normalized spacial score (nSPS) is 47.4. The molecule has 1 aliphatic heterocycles. The van der Waals surface area contributed by atoms with Crippen LogP contribution in [0.5, 0.6) is 0 Å². The zero-order valence-corrected chi connectivity index (χ0v) is 9.29. The molecule has 2 bridgehead atoms. The Morgan fingerprint density at radius 3 is 2.93 bits per heavy atom. The van der Waals surface area contributed by atoms with E-state index in [2.05, 4.69) is 26.8 Å². The summed E-state index contributed by atoms with van der Waals surface area (Å²) in [5.74, 6) is 0.961. The summed E-state index contributed by atoms with van der Waals surface area (Å²) in [5, 5.41) is 9.53. The largest absolute Gasteiger partial charge is 0.396 e. The SMILES string of the molecule is CC1=C[C@@H](C)[C@@]2(CO)CO[C@H](C)[C@H]1C2. The first-order valence-corrected chi connectivity index (χ1v) is 5.50. The van der Waals surface area contributed by atoms with Gasteiger partial charge in [-0.2, -0.15) is 0 Å². The Kier molecular flexibility index (Phi) is 2.44. The van der Waals surface area contributed by atoms with Gasteiger partial charge >= 0.3 is 0 Å². The van der Waals surface area contributed by atoms with Gasteiger partial charge in [-0.25, -0.2) is 0 Å². The van der Waals surface area contributed by atoms with E-state index >= 15 is 0 Å². The van der Waals surface area contributed by atoms with E-state index in [4.69, 9.17) is 4.74 Å². The van der Waals surface area contributed by atoms with Crippen LogP contribution in [0.25, 0.3) is 0 Å². The second kappa shape index (κ2) is 3.35. The van der Waals surface area contributed by atoms with E-state index in [0.29, 0.717) is 24.5 Å². The number of aliphatic hydroxyl groups excluding tert-OH is 1. The van der Waals surface area contributed by atoms with Gasteiger partial charge in [-0.3, -0.25) is 0 Å². The van der Waals surface area contributed by atoms with Crippen LogP contribution in [0.15, 0.2) is 11.6 Å². The highest BCUT2D eigenvalue weighted by Gasteiger charge is 2.46. The predicted molar refractivity (Wildman–Crippen MR) is 56.0 cm³/mol. The van der Waals surface area contributed by atoms with Crippen LogP contribution >= 0.6 is 0 Å². The Bertz CT molecular complexity index is 259. The van der Waals surface area contributed by atoms with Gasteiger partial charge in [-0.1, -0.05) is 18.6 Å². The summed E-state index contributed by atoms with van der Waals surface area (Å²) in [6, 6.07) is 0. The minimum absolute atomic E-state index is 0.00329. The quantitative estimate of drug-likeness (QED) is 0.650. The number of fused-ring (bicyclic) bond motifs is 2. The van der Waals surface area contributed by atoms with Crippen LogP contribution in [-0.4, -0.2) is 24.4 Å². The van der Waals surface area contributed by atoms with Crippen molar-refractivity contribution in [3.05, 3.63) is 11.6 Å². The third-order valence-corrected chi connectivity index (χ3v) is 4.21. The molecule has 0 unspecified atom stereocenters. The highest BCUT2D eigenvalue weighted by Crippen LogP contribution is 2.47. The van der Waals surface area contributed by atoms with E-state index < -0.39 is 0 Å². The monoisotopic (exact) mass is 196 g/mol. The van der Waals surface area contributed by atoms with Crippen molar-refractivity contribution in [1.82, 2.24) is 0 Å². The maximum atomic E-state index is 9.53. The summed E-state index contributed by atoms with van der Waals surface area (Å²) in [5.41, 5.74) is 1.44. The van der Waals surface area contributed by atoms with Crippen LogP contribution in [0, 0.1) is 17.3 Å². The highest BCUT2D eigenvalue weighted by molar-refractivity contribution is 5.17. The van der Waals surface area contributed by atoms with Crippen molar-refractivity contribution in [2.75, 3.05) is 13.2 Å². The summed E-state index contributed by atoms with van der Waals surface area (Å²) < 4.78 is 5.78. The molecule has 80 valence electrons. The minimum atomic E-state index is -0.00329. The van der Waals surface area contributed by atoms with Crippen molar-refractivity contribution in [2.24, 2.45) is 17.3 Å². The minimum Gasteiger partial charge on any atom is -0.396 e. The smallest absolute Gasteiger partial charge is 0.0612 e. The molecule has 2 nitrogen and oxygen atoms in total. The molecule has 1 saturated heterocycles. The van der Waals surface area contributed by atoms with E-state index in [1.807, 2.05) is 0 Å². The number of rotatable bonds is 1.